The number of anilines is 2. The van der Waals surface area contributed by atoms with Gasteiger partial charge >= 0.3 is 0 Å². The molecule has 1 aliphatic rings. The Morgan fingerprint density at radius 2 is 1.79 bits per heavy atom. The molecule has 1 N–H and O–H groups in total. The smallest absolute Gasteiger partial charge is 0.224 e. The normalized spacial score (nSPS) is 14.1. The fourth-order valence-electron chi connectivity index (χ4n) is 3.72. The SMILES string of the molecule is COc1ccc(N2CCN(C(=O)CCNc3cccc4cccnc34)CC2)cc1. The second-order valence-corrected chi connectivity index (χ2v) is 7.12. The maximum absolute atomic E-state index is 12.6. The first-order valence-electron chi connectivity index (χ1n) is 9.99. The van der Waals surface area contributed by atoms with Crippen LogP contribution in [0, 0.1) is 0 Å². The molecule has 1 aromatic heterocycles. The minimum absolute atomic E-state index is 0.195. The van der Waals surface area contributed by atoms with Gasteiger partial charge in [-0.25, -0.2) is 0 Å². The predicted molar refractivity (Wildman–Crippen MR) is 117 cm³/mol. The molecule has 0 atom stereocenters. The number of aromatic nitrogens is 1. The van der Waals surface area contributed by atoms with Crippen molar-refractivity contribution in [2.24, 2.45) is 0 Å². The molecule has 150 valence electrons. The summed E-state index contributed by atoms with van der Waals surface area (Å²) >= 11 is 0. The van der Waals surface area contributed by atoms with Crippen molar-refractivity contribution in [2.75, 3.05) is 50.1 Å². The zero-order valence-electron chi connectivity index (χ0n) is 16.7. The van der Waals surface area contributed by atoms with E-state index in [1.54, 1.807) is 13.3 Å². The molecule has 0 bridgehead atoms. The van der Waals surface area contributed by atoms with E-state index in [4.69, 9.17) is 4.74 Å². The van der Waals surface area contributed by atoms with E-state index in [-0.39, 0.29) is 5.91 Å². The molecule has 3 aromatic rings. The molecular formula is C23H26N4O2. The molecular weight excluding hydrogens is 364 g/mol. The number of nitrogens with zero attached hydrogens (tertiary/aromatic N) is 3. The van der Waals surface area contributed by atoms with Crippen molar-refractivity contribution < 1.29 is 9.53 Å². The molecule has 1 aliphatic heterocycles. The number of methoxy groups -OCH3 is 1. The Hall–Kier alpha value is -3.28. The molecule has 2 heterocycles. The molecule has 29 heavy (non-hydrogen) atoms. The lowest BCUT2D eigenvalue weighted by atomic mass is 10.2. The molecule has 0 saturated carbocycles. The highest BCUT2D eigenvalue weighted by Gasteiger charge is 2.21. The van der Waals surface area contributed by atoms with Crippen molar-refractivity contribution in [3.05, 3.63) is 60.8 Å². The lowest BCUT2D eigenvalue weighted by molar-refractivity contribution is -0.131. The van der Waals surface area contributed by atoms with E-state index < -0.39 is 0 Å². The van der Waals surface area contributed by atoms with Crippen molar-refractivity contribution in [1.29, 1.82) is 0 Å². The molecule has 1 saturated heterocycles. The van der Waals surface area contributed by atoms with Gasteiger partial charge in [0, 0.05) is 56.4 Å². The van der Waals surface area contributed by atoms with E-state index in [0.717, 1.165) is 48.5 Å². The molecule has 0 unspecified atom stereocenters. The number of hydrogen-bond acceptors (Lipinski definition) is 5. The molecule has 1 amide bonds. The van der Waals surface area contributed by atoms with Crippen molar-refractivity contribution in [2.45, 2.75) is 6.42 Å². The zero-order chi connectivity index (χ0) is 20.1. The number of carbonyl (C=O) groups is 1. The van der Waals surface area contributed by atoms with Crippen molar-refractivity contribution >= 4 is 28.2 Å². The van der Waals surface area contributed by atoms with Gasteiger partial charge in [0.2, 0.25) is 5.91 Å². The van der Waals surface area contributed by atoms with E-state index in [2.05, 4.69) is 27.3 Å². The van der Waals surface area contributed by atoms with Crippen LogP contribution in [0.1, 0.15) is 6.42 Å². The molecule has 2 aromatic carbocycles. The summed E-state index contributed by atoms with van der Waals surface area (Å²) in [6.45, 7) is 3.80. The number of nitrogens with one attached hydrogen (secondary N) is 1. The minimum Gasteiger partial charge on any atom is -0.497 e. The number of para-hydroxylation sites is 1. The number of ether oxygens (including phenoxy) is 1. The van der Waals surface area contributed by atoms with Gasteiger partial charge in [-0.2, -0.15) is 0 Å². The van der Waals surface area contributed by atoms with E-state index in [9.17, 15) is 4.79 Å². The van der Waals surface area contributed by atoms with Crippen molar-refractivity contribution in [1.82, 2.24) is 9.88 Å². The van der Waals surface area contributed by atoms with Crippen LogP contribution in [0.5, 0.6) is 5.75 Å². The monoisotopic (exact) mass is 390 g/mol. The molecule has 4 rings (SSSR count). The van der Waals surface area contributed by atoms with Gasteiger partial charge in [-0.05, 0) is 36.4 Å². The Bertz CT molecular complexity index is 961. The van der Waals surface area contributed by atoms with Crippen LogP contribution in [0.4, 0.5) is 11.4 Å². The van der Waals surface area contributed by atoms with Crippen molar-refractivity contribution in [3.63, 3.8) is 0 Å². The van der Waals surface area contributed by atoms with Gasteiger partial charge in [0.15, 0.2) is 0 Å². The number of piperazine rings is 1. The van der Waals surface area contributed by atoms with Crippen LogP contribution in [0.25, 0.3) is 10.9 Å². The third-order valence-corrected chi connectivity index (χ3v) is 5.36. The molecule has 6 heteroatoms. The van der Waals surface area contributed by atoms with Gasteiger partial charge in [-0.1, -0.05) is 18.2 Å². The minimum atomic E-state index is 0.195. The topological polar surface area (TPSA) is 57.7 Å². The number of pyridine rings is 1. The highest BCUT2D eigenvalue weighted by atomic mass is 16.5. The Morgan fingerprint density at radius 1 is 1.03 bits per heavy atom. The highest BCUT2D eigenvalue weighted by Crippen LogP contribution is 2.22. The summed E-state index contributed by atoms with van der Waals surface area (Å²) in [6, 6.07) is 18.1. The number of rotatable bonds is 6. The summed E-state index contributed by atoms with van der Waals surface area (Å²) in [5, 5.41) is 4.47. The summed E-state index contributed by atoms with van der Waals surface area (Å²) < 4.78 is 5.22. The standard InChI is InChI=1S/C23H26N4O2/c1-29-20-9-7-19(8-10-20)26-14-16-27(17-15-26)22(28)11-13-24-21-6-2-4-18-5-3-12-25-23(18)21/h2-10,12,24H,11,13-17H2,1H3. The third kappa shape index (κ3) is 4.42. The number of amides is 1. The number of hydrogen-bond donors (Lipinski definition) is 1. The second kappa shape index (κ2) is 8.82. The quantitative estimate of drug-likeness (QED) is 0.699. The summed E-state index contributed by atoms with van der Waals surface area (Å²) in [7, 11) is 1.67. The average molecular weight is 390 g/mol. The molecule has 0 aliphatic carbocycles. The lowest BCUT2D eigenvalue weighted by Gasteiger charge is -2.36. The fraction of sp³-hybridized carbons (Fsp3) is 0.304. The molecule has 6 nitrogen and oxygen atoms in total. The Balaban J connectivity index is 1.26. The van der Waals surface area contributed by atoms with Gasteiger partial charge in [0.1, 0.15) is 5.75 Å². The Kier molecular flexibility index (Phi) is 5.79. The number of carbonyl (C=O) groups excluding carboxylic acids is 1. The first kappa shape index (κ1) is 19.1. The maximum Gasteiger partial charge on any atom is 0.224 e. The van der Waals surface area contributed by atoms with E-state index >= 15 is 0 Å². The van der Waals surface area contributed by atoms with Gasteiger partial charge < -0.3 is 19.9 Å². The maximum atomic E-state index is 12.6. The fourth-order valence-corrected chi connectivity index (χ4v) is 3.72. The Morgan fingerprint density at radius 3 is 2.55 bits per heavy atom. The number of benzene rings is 2. The van der Waals surface area contributed by atoms with Gasteiger partial charge in [0.05, 0.1) is 18.3 Å². The molecule has 1 fully saturated rings. The summed E-state index contributed by atoms with van der Waals surface area (Å²) in [4.78, 5) is 21.3. The van der Waals surface area contributed by atoms with Crippen LogP contribution >= 0.6 is 0 Å². The largest absolute Gasteiger partial charge is 0.497 e. The van der Waals surface area contributed by atoms with Crippen LogP contribution in [0.2, 0.25) is 0 Å². The predicted octanol–water partition coefficient (Wildman–Crippen LogP) is 3.39. The van der Waals surface area contributed by atoms with E-state index in [1.165, 1.54) is 5.69 Å². The average Bonchev–Trinajstić information content (AvgIpc) is 2.79. The lowest BCUT2D eigenvalue weighted by Crippen LogP contribution is -2.49. The van der Waals surface area contributed by atoms with Crippen LogP contribution in [-0.2, 0) is 4.79 Å². The van der Waals surface area contributed by atoms with Crippen LogP contribution in [0.3, 0.4) is 0 Å². The zero-order valence-corrected chi connectivity index (χ0v) is 16.7. The van der Waals surface area contributed by atoms with Gasteiger partial charge in [0.25, 0.3) is 0 Å². The summed E-state index contributed by atoms with van der Waals surface area (Å²) in [5.41, 5.74) is 3.08. The van der Waals surface area contributed by atoms with Gasteiger partial charge in [-0.15, -0.1) is 0 Å². The Labute approximate surface area is 171 Å². The van der Waals surface area contributed by atoms with E-state index in [0.29, 0.717) is 13.0 Å². The van der Waals surface area contributed by atoms with Crippen molar-refractivity contribution in [3.8, 4) is 5.75 Å². The van der Waals surface area contributed by atoms with Gasteiger partial charge in [-0.3, -0.25) is 9.78 Å². The number of fused-ring (bicyclic) bond motifs is 1. The van der Waals surface area contributed by atoms with Crippen LogP contribution < -0.4 is 15.0 Å². The second-order valence-electron chi connectivity index (χ2n) is 7.12. The summed E-state index contributed by atoms with van der Waals surface area (Å²) in [5.74, 6) is 1.05. The summed E-state index contributed by atoms with van der Waals surface area (Å²) in [6.07, 6.45) is 2.27. The van der Waals surface area contributed by atoms with E-state index in [1.807, 2.05) is 47.4 Å². The highest BCUT2D eigenvalue weighted by molar-refractivity contribution is 5.90. The van der Waals surface area contributed by atoms with Crippen LogP contribution in [-0.4, -0.2) is 55.6 Å². The van der Waals surface area contributed by atoms with Crippen LogP contribution in [0.15, 0.2) is 60.8 Å². The molecule has 0 radical (unpaired) electrons. The first-order chi connectivity index (χ1) is 14.2. The molecule has 0 spiro atoms. The third-order valence-electron chi connectivity index (χ3n) is 5.36. The first-order valence-corrected chi connectivity index (χ1v) is 9.99.